The fraction of sp³-hybridized carbons (Fsp3) is 0.545. The lowest BCUT2D eigenvalue weighted by Crippen LogP contribution is -2.21. The third-order valence-electron chi connectivity index (χ3n) is 2.64. The molecule has 0 aromatic carbocycles. The van der Waals surface area contributed by atoms with Crippen LogP contribution in [-0.2, 0) is 24.4 Å². The number of rotatable bonds is 7. The van der Waals surface area contributed by atoms with Crippen LogP contribution in [0.2, 0.25) is 0 Å². The van der Waals surface area contributed by atoms with E-state index >= 15 is 0 Å². The standard InChI is InChI=1S/C11H18N6O/c1-16(7-10-3-4-12-14-10)8-11-15-13-9-17(11)5-6-18-2/h3-4,9H,5-8H2,1-2H3,(H,12,14). The van der Waals surface area contributed by atoms with E-state index < -0.39 is 0 Å². The quantitative estimate of drug-likeness (QED) is 0.764. The van der Waals surface area contributed by atoms with Gasteiger partial charge in [0.25, 0.3) is 0 Å². The van der Waals surface area contributed by atoms with Crippen molar-refractivity contribution in [3.05, 3.63) is 30.1 Å². The van der Waals surface area contributed by atoms with Crippen LogP contribution in [0.5, 0.6) is 0 Å². The molecular formula is C11H18N6O. The monoisotopic (exact) mass is 250 g/mol. The number of ether oxygens (including phenoxy) is 1. The van der Waals surface area contributed by atoms with Gasteiger partial charge in [-0.2, -0.15) is 5.10 Å². The van der Waals surface area contributed by atoms with Gasteiger partial charge >= 0.3 is 0 Å². The van der Waals surface area contributed by atoms with E-state index in [0.29, 0.717) is 6.61 Å². The Balaban J connectivity index is 1.90. The van der Waals surface area contributed by atoms with Gasteiger partial charge in [-0.1, -0.05) is 0 Å². The third kappa shape index (κ3) is 3.38. The van der Waals surface area contributed by atoms with Crippen LogP contribution >= 0.6 is 0 Å². The van der Waals surface area contributed by atoms with Gasteiger partial charge in [0.2, 0.25) is 0 Å². The van der Waals surface area contributed by atoms with Gasteiger partial charge in [-0.15, -0.1) is 10.2 Å². The number of methoxy groups -OCH3 is 1. The predicted molar refractivity (Wildman–Crippen MR) is 65.7 cm³/mol. The molecule has 0 spiro atoms. The Labute approximate surface area is 106 Å². The van der Waals surface area contributed by atoms with E-state index in [1.807, 2.05) is 17.7 Å². The Morgan fingerprint density at radius 2 is 2.33 bits per heavy atom. The lowest BCUT2D eigenvalue weighted by atomic mass is 10.4. The minimum atomic E-state index is 0.662. The van der Waals surface area contributed by atoms with E-state index in [-0.39, 0.29) is 0 Å². The zero-order valence-corrected chi connectivity index (χ0v) is 10.7. The number of hydrogen-bond donors (Lipinski definition) is 1. The average Bonchev–Trinajstić information content (AvgIpc) is 2.98. The van der Waals surface area contributed by atoms with Crippen molar-refractivity contribution in [3.8, 4) is 0 Å². The van der Waals surface area contributed by atoms with Gasteiger partial charge in [0.1, 0.15) is 12.2 Å². The number of nitrogens with one attached hydrogen (secondary N) is 1. The van der Waals surface area contributed by atoms with E-state index in [9.17, 15) is 0 Å². The van der Waals surface area contributed by atoms with Gasteiger partial charge in [0, 0.05) is 32.1 Å². The van der Waals surface area contributed by atoms with Crippen LogP contribution < -0.4 is 0 Å². The van der Waals surface area contributed by atoms with Gasteiger partial charge < -0.3 is 9.30 Å². The lowest BCUT2D eigenvalue weighted by Gasteiger charge is -2.15. The maximum absolute atomic E-state index is 5.06. The van der Waals surface area contributed by atoms with E-state index in [1.165, 1.54) is 0 Å². The first-order valence-electron chi connectivity index (χ1n) is 5.82. The van der Waals surface area contributed by atoms with Crippen molar-refractivity contribution in [1.29, 1.82) is 0 Å². The Morgan fingerprint density at radius 3 is 3.06 bits per heavy atom. The Kier molecular flexibility index (Phi) is 4.43. The number of H-pyrrole nitrogens is 1. The number of aromatic amines is 1. The molecule has 0 aliphatic rings. The zero-order chi connectivity index (χ0) is 12.8. The Hall–Kier alpha value is -1.73. The summed E-state index contributed by atoms with van der Waals surface area (Å²) in [6.45, 7) is 2.98. The first-order valence-corrected chi connectivity index (χ1v) is 5.82. The van der Waals surface area contributed by atoms with Gasteiger partial charge in [0.15, 0.2) is 0 Å². The Bertz CT molecular complexity index is 452. The largest absolute Gasteiger partial charge is 0.383 e. The van der Waals surface area contributed by atoms with E-state index in [4.69, 9.17) is 4.74 Å². The van der Waals surface area contributed by atoms with Crippen molar-refractivity contribution >= 4 is 0 Å². The molecule has 2 rings (SSSR count). The molecule has 0 unspecified atom stereocenters. The van der Waals surface area contributed by atoms with Crippen LogP contribution in [0.1, 0.15) is 11.5 Å². The number of aromatic nitrogens is 5. The second-order valence-corrected chi connectivity index (χ2v) is 4.19. The summed E-state index contributed by atoms with van der Waals surface area (Å²) in [5, 5.41) is 14.9. The number of hydrogen-bond acceptors (Lipinski definition) is 5. The molecule has 0 atom stereocenters. The summed E-state index contributed by atoms with van der Waals surface area (Å²) >= 11 is 0. The summed E-state index contributed by atoms with van der Waals surface area (Å²) in [4.78, 5) is 2.15. The first-order chi connectivity index (χ1) is 8.79. The minimum Gasteiger partial charge on any atom is -0.383 e. The molecule has 98 valence electrons. The smallest absolute Gasteiger partial charge is 0.147 e. The molecule has 2 aromatic rings. The molecule has 0 amide bonds. The van der Waals surface area contributed by atoms with Crippen molar-refractivity contribution in [3.63, 3.8) is 0 Å². The summed E-state index contributed by atoms with van der Waals surface area (Å²) < 4.78 is 7.06. The maximum Gasteiger partial charge on any atom is 0.147 e. The summed E-state index contributed by atoms with van der Waals surface area (Å²) in [5.74, 6) is 0.939. The highest BCUT2D eigenvalue weighted by molar-refractivity contribution is 4.97. The highest BCUT2D eigenvalue weighted by Crippen LogP contribution is 2.04. The molecule has 7 heteroatoms. The molecule has 2 aromatic heterocycles. The second-order valence-electron chi connectivity index (χ2n) is 4.19. The molecule has 0 aliphatic heterocycles. The minimum absolute atomic E-state index is 0.662. The highest BCUT2D eigenvalue weighted by atomic mass is 16.5. The molecule has 0 bridgehead atoms. The number of nitrogens with zero attached hydrogens (tertiary/aromatic N) is 5. The summed E-state index contributed by atoms with van der Waals surface area (Å²) in [5.41, 5.74) is 1.08. The van der Waals surface area contributed by atoms with Crippen LogP contribution in [0, 0.1) is 0 Å². The Morgan fingerprint density at radius 1 is 1.44 bits per heavy atom. The summed E-state index contributed by atoms with van der Waals surface area (Å²) in [6, 6.07) is 1.96. The molecule has 0 fully saturated rings. The average molecular weight is 250 g/mol. The highest BCUT2D eigenvalue weighted by Gasteiger charge is 2.08. The summed E-state index contributed by atoms with van der Waals surface area (Å²) in [7, 11) is 3.73. The van der Waals surface area contributed by atoms with Crippen molar-refractivity contribution in [2.24, 2.45) is 0 Å². The first kappa shape index (κ1) is 12.7. The predicted octanol–water partition coefficient (Wildman–Crippen LogP) is 0.280. The van der Waals surface area contributed by atoms with Gasteiger partial charge in [-0.3, -0.25) is 10.00 Å². The van der Waals surface area contributed by atoms with Crippen LogP contribution in [0.4, 0.5) is 0 Å². The topological polar surface area (TPSA) is 71.9 Å². The van der Waals surface area contributed by atoms with E-state index in [0.717, 1.165) is 31.2 Å². The lowest BCUT2D eigenvalue weighted by molar-refractivity contribution is 0.184. The fourth-order valence-electron chi connectivity index (χ4n) is 1.74. The molecule has 2 heterocycles. The van der Waals surface area contributed by atoms with Gasteiger partial charge in [-0.25, -0.2) is 0 Å². The molecule has 1 N–H and O–H groups in total. The normalized spacial score (nSPS) is 11.3. The zero-order valence-electron chi connectivity index (χ0n) is 10.7. The molecule has 0 saturated heterocycles. The fourth-order valence-corrected chi connectivity index (χ4v) is 1.74. The van der Waals surface area contributed by atoms with Crippen molar-refractivity contribution in [2.45, 2.75) is 19.6 Å². The van der Waals surface area contributed by atoms with Gasteiger partial charge in [-0.05, 0) is 13.1 Å². The maximum atomic E-state index is 5.06. The van der Waals surface area contributed by atoms with Crippen LogP contribution in [-0.4, -0.2) is 50.6 Å². The molecule has 0 aliphatic carbocycles. The van der Waals surface area contributed by atoms with Crippen molar-refractivity contribution in [1.82, 2.24) is 29.9 Å². The van der Waals surface area contributed by atoms with E-state index in [1.54, 1.807) is 19.6 Å². The van der Waals surface area contributed by atoms with E-state index in [2.05, 4.69) is 25.3 Å². The third-order valence-corrected chi connectivity index (χ3v) is 2.64. The van der Waals surface area contributed by atoms with Crippen molar-refractivity contribution in [2.75, 3.05) is 20.8 Å². The molecule has 0 saturated carbocycles. The summed E-state index contributed by atoms with van der Waals surface area (Å²) in [6.07, 6.45) is 3.49. The van der Waals surface area contributed by atoms with Crippen molar-refractivity contribution < 1.29 is 4.74 Å². The second kappa shape index (κ2) is 6.27. The van der Waals surface area contributed by atoms with Crippen LogP contribution in [0.25, 0.3) is 0 Å². The molecule has 7 nitrogen and oxygen atoms in total. The molecular weight excluding hydrogens is 232 g/mol. The van der Waals surface area contributed by atoms with Gasteiger partial charge in [0.05, 0.1) is 13.2 Å². The van der Waals surface area contributed by atoms with Crippen LogP contribution in [0.3, 0.4) is 0 Å². The molecule has 18 heavy (non-hydrogen) atoms. The van der Waals surface area contributed by atoms with Crippen LogP contribution in [0.15, 0.2) is 18.6 Å². The SMILES string of the molecule is COCCn1cnnc1CN(C)Cc1ccn[nH]1. The molecule has 0 radical (unpaired) electrons.